The Hall–Kier alpha value is -1.74. The maximum absolute atomic E-state index is 11.4. The maximum atomic E-state index is 11.4. The second kappa shape index (κ2) is 6.62. The Labute approximate surface area is 116 Å². The SMILES string of the molecule is COC([O-])C[n+]1cc[nH]c1-c1[nH]cc[n+]1CC([O-])OC. The van der Waals surface area contributed by atoms with Gasteiger partial charge >= 0.3 is 11.6 Å². The van der Waals surface area contributed by atoms with Crippen LogP contribution < -0.4 is 19.3 Å². The minimum Gasteiger partial charge on any atom is -0.828 e. The summed E-state index contributed by atoms with van der Waals surface area (Å²) in [5.41, 5.74) is 0. The number of rotatable bonds is 7. The zero-order valence-corrected chi connectivity index (χ0v) is 11.4. The van der Waals surface area contributed by atoms with E-state index in [0.717, 1.165) is 0 Å². The van der Waals surface area contributed by atoms with Crippen molar-refractivity contribution in [3.63, 3.8) is 0 Å². The average Bonchev–Trinajstić information content (AvgIpc) is 3.07. The van der Waals surface area contributed by atoms with Crippen molar-refractivity contribution in [2.45, 2.75) is 25.7 Å². The summed E-state index contributed by atoms with van der Waals surface area (Å²) in [6.45, 7) is 0.332. The Bertz CT molecular complexity index is 491. The molecule has 2 N–H and O–H groups in total. The first kappa shape index (κ1) is 14.7. The van der Waals surface area contributed by atoms with E-state index in [4.69, 9.17) is 9.47 Å². The molecule has 2 aromatic rings. The Morgan fingerprint density at radius 3 is 1.70 bits per heavy atom. The van der Waals surface area contributed by atoms with Crippen LogP contribution in [0.2, 0.25) is 0 Å². The fourth-order valence-corrected chi connectivity index (χ4v) is 1.91. The molecule has 0 saturated heterocycles. The minimum absolute atomic E-state index is 0.166. The molecular weight excluding hydrogens is 264 g/mol. The monoisotopic (exact) mass is 282 g/mol. The Morgan fingerprint density at radius 1 is 0.950 bits per heavy atom. The summed E-state index contributed by atoms with van der Waals surface area (Å²) >= 11 is 0. The van der Waals surface area contributed by atoms with Gasteiger partial charge in [-0.05, 0) is 0 Å². The Kier molecular flexibility index (Phi) is 4.85. The van der Waals surface area contributed by atoms with Crippen LogP contribution in [0.5, 0.6) is 0 Å². The second-order valence-corrected chi connectivity index (χ2v) is 4.25. The van der Waals surface area contributed by atoms with Crippen molar-refractivity contribution in [2.75, 3.05) is 14.2 Å². The number of nitrogens with one attached hydrogen (secondary N) is 2. The van der Waals surface area contributed by atoms with Crippen molar-refractivity contribution in [1.29, 1.82) is 0 Å². The molecule has 0 radical (unpaired) electrons. The van der Waals surface area contributed by atoms with Gasteiger partial charge in [-0.15, -0.1) is 0 Å². The summed E-state index contributed by atoms with van der Waals surface area (Å²) in [6.07, 6.45) is 4.63. The molecule has 2 rings (SSSR count). The zero-order valence-electron chi connectivity index (χ0n) is 11.4. The van der Waals surface area contributed by atoms with Gasteiger partial charge in [0.2, 0.25) is 0 Å². The van der Waals surface area contributed by atoms with Gasteiger partial charge in [-0.25, -0.2) is 19.1 Å². The van der Waals surface area contributed by atoms with Gasteiger partial charge in [0, 0.05) is 26.8 Å². The number of hydrogen-bond acceptors (Lipinski definition) is 4. The standard InChI is InChI=1S/C12H16N4O4/c1-19-9(17)7-15-5-3-13-11(15)12-14-4-6-16(12)8-10(18)20-2/h3-6,9-10H,7-8H2,1-2H3/q-2/p+2. The fourth-order valence-electron chi connectivity index (χ4n) is 1.91. The van der Waals surface area contributed by atoms with E-state index in [1.807, 2.05) is 0 Å². The largest absolute Gasteiger partial charge is 0.828 e. The van der Waals surface area contributed by atoms with E-state index in [1.54, 1.807) is 33.9 Å². The van der Waals surface area contributed by atoms with Crippen LogP contribution in [0.1, 0.15) is 0 Å². The lowest BCUT2D eigenvalue weighted by molar-refractivity contribution is -0.749. The van der Waals surface area contributed by atoms with Gasteiger partial charge in [0.1, 0.15) is 37.9 Å². The summed E-state index contributed by atoms with van der Waals surface area (Å²) in [4.78, 5) is 6.09. The van der Waals surface area contributed by atoms with Crippen molar-refractivity contribution in [3.8, 4) is 11.6 Å². The zero-order chi connectivity index (χ0) is 14.5. The highest BCUT2D eigenvalue weighted by Crippen LogP contribution is 2.04. The highest BCUT2D eigenvalue weighted by molar-refractivity contribution is 5.32. The maximum Gasteiger partial charge on any atom is 0.370 e. The summed E-state index contributed by atoms with van der Waals surface area (Å²) in [7, 11) is 2.75. The first-order valence-corrected chi connectivity index (χ1v) is 6.17. The number of H-pyrrole nitrogens is 2. The molecule has 0 aromatic carbocycles. The van der Waals surface area contributed by atoms with Crippen LogP contribution in [0.25, 0.3) is 11.6 Å². The van der Waals surface area contributed by atoms with Crippen molar-refractivity contribution >= 4 is 0 Å². The average molecular weight is 282 g/mol. The van der Waals surface area contributed by atoms with Gasteiger partial charge in [0.05, 0.1) is 0 Å². The predicted molar refractivity (Wildman–Crippen MR) is 62.6 cm³/mol. The highest BCUT2D eigenvalue weighted by atomic mass is 16.6. The molecule has 0 saturated carbocycles. The van der Waals surface area contributed by atoms with E-state index in [9.17, 15) is 10.2 Å². The third-order valence-corrected chi connectivity index (χ3v) is 2.97. The van der Waals surface area contributed by atoms with Crippen molar-refractivity contribution in [3.05, 3.63) is 24.8 Å². The third kappa shape index (κ3) is 3.23. The normalized spacial score (nSPS) is 14.4. The van der Waals surface area contributed by atoms with E-state index in [2.05, 4.69) is 9.97 Å². The molecular formula is C12H18N4O4. The Balaban J connectivity index is 2.24. The lowest BCUT2D eigenvalue weighted by atomic mass is 10.4. The molecule has 2 atom stereocenters. The smallest absolute Gasteiger partial charge is 0.370 e. The quantitative estimate of drug-likeness (QED) is 0.424. The summed E-state index contributed by atoms with van der Waals surface area (Å²) < 4.78 is 12.9. The summed E-state index contributed by atoms with van der Waals surface area (Å²) in [5, 5.41) is 22.9. The number of methoxy groups -OCH3 is 2. The predicted octanol–water partition coefficient (Wildman–Crippen LogP) is -2.75. The molecule has 0 aliphatic heterocycles. The number of aromatic amines is 2. The van der Waals surface area contributed by atoms with Crippen LogP contribution in [0, 0.1) is 0 Å². The molecule has 20 heavy (non-hydrogen) atoms. The van der Waals surface area contributed by atoms with Gasteiger partial charge in [0.15, 0.2) is 0 Å². The second-order valence-electron chi connectivity index (χ2n) is 4.25. The number of aromatic nitrogens is 4. The molecule has 0 amide bonds. The third-order valence-electron chi connectivity index (χ3n) is 2.97. The first-order valence-electron chi connectivity index (χ1n) is 6.17. The lowest BCUT2D eigenvalue weighted by Gasteiger charge is -2.18. The molecule has 110 valence electrons. The number of ether oxygens (including phenoxy) is 2. The van der Waals surface area contributed by atoms with E-state index in [0.29, 0.717) is 11.6 Å². The van der Waals surface area contributed by atoms with Crippen molar-refractivity contribution < 1.29 is 28.8 Å². The molecule has 2 heterocycles. The van der Waals surface area contributed by atoms with E-state index in [-0.39, 0.29) is 13.1 Å². The van der Waals surface area contributed by atoms with Gasteiger partial charge < -0.3 is 19.7 Å². The van der Waals surface area contributed by atoms with Gasteiger partial charge in [0.25, 0.3) is 0 Å². The molecule has 2 aromatic heterocycles. The van der Waals surface area contributed by atoms with Crippen LogP contribution in [0.3, 0.4) is 0 Å². The first-order chi connectivity index (χ1) is 9.65. The van der Waals surface area contributed by atoms with Crippen molar-refractivity contribution in [2.24, 2.45) is 0 Å². The van der Waals surface area contributed by atoms with Crippen LogP contribution in [-0.4, -0.2) is 36.8 Å². The number of imidazole rings is 2. The molecule has 0 aliphatic rings. The van der Waals surface area contributed by atoms with Gasteiger partial charge in [-0.3, -0.25) is 0 Å². The van der Waals surface area contributed by atoms with Crippen LogP contribution >= 0.6 is 0 Å². The van der Waals surface area contributed by atoms with Crippen LogP contribution in [0.4, 0.5) is 0 Å². The highest BCUT2D eigenvalue weighted by Gasteiger charge is 2.25. The van der Waals surface area contributed by atoms with Crippen molar-refractivity contribution in [1.82, 2.24) is 9.97 Å². The molecule has 2 unspecified atom stereocenters. The molecule has 0 spiro atoms. The van der Waals surface area contributed by atoms with E-state index >= 15 is 0 Å². The minimum atomic E-state index is -1.15. The van der Waals surface area contributed by atoms with E-state index in [1.165, 1.54) is 14.2 Å². The van der Waals surface area contributed by atoms with Gasteiger partial charge in [-0.2, -0.15) is 0 Å². The molecule has 0 fully saturated rings. The Morgan fingerprint density at radius 2 is 1.35 bits per heavy atom. The lowest BCUT2D eigenvalue weighted by Crippen LogP contribution is -2.50. The van der Waals surface area contributed by atoms with E-state index < -0.39 is 12.6 Å². The molecule has 8 nitrogen and oxygen atoms in total. The van der Waals surface area contributed by atoms with Gasteiger partial charge in [-0.1, -0.05) is 0 Å². The van der Waals surface area contributed by atoms with Crippen LogP contribution in [0.15, 0.2) is 24.8 Å². The molecule has 0 aliphatic carbocycles. The summed E-state index contributed by atoms with van der Waals surface area (Å²) in [5.74, 6) is 1.38. The number of hydrogen-bond donors (Lipinski definition) is 2. The molecule has 0 bridgehead atoms. The molecule has 8 heteroatoms. The summed E-state index contributed by atoms with van der Waals surface area (Å²) in [6, 6.07) is 0. The number of nitrogens with zero attached hydrogens (tertiary/aromatic N) is 2. The fraction of sp³-hybridized carbons (Fsp3) is 0.500. The topological polar surface area (TPSA) is 104 Å². The van der Waals surface area contributed by atoms with Crippen LogP contribution in [-0.2, 0) is 22.6 Å².